The standard InChI is InChI=1S/C20H24N2OS/c23-20-12-18(21-17-8-10-24-11-9-17)14-22(20)13-16-6-3-5-15-4-1-2-7-19(15)16/h1-7,17-18,21H,8-14H2/t18-/m0/s1. The molecule has 24 heavy (non-hydrogen) atoms. The highest BCUT2D eigenvalue weighted by atomic mass is 32.2. The molecule has 0 saturated carbocycles. The molecular formula is C20H24N2OS. The van der Waals surface area contributed by atoms with Crippen LogP contribution in [0, 0.1) is 0 Å². The van der Waals surface area contributed by atoms with Crippen LogP contribution in [0.1, 0.15) is 24.8 Å². The van der Waals surface area contributed by atoms with Gasteiger partial charge in [-0.25, -0.2) is 0 Å². The molecule has 2 aromatic carbocycles. The zero-order valence-corrected chi connectivity index (χ0v) is 14.7. The Labute approximate surface area is 147 Å². The molecule has 0 unspecified atom stereocenters. The van der Waals surface area contributed by atoms with Gasteiger partial charge in [0, 0.05) is 31.6 Å². The number of rotatable bonds is 4. The van der Waals surface area contributed by atoms with Crippen LogP contribution in [0.4, 0.5) is 0 Å². The summed E-state index contributed by atoms with van der Waals surface area (Å²) in [6.07, 6.45) is 3.12. The van der Waals surface area contributed by atoms with Crippen LogP contribution in [-0.4, -0.2) is 40.9 Å². The Hall–Kier alpha value is -1.52. The van der Waals surface area contributed by atoms with Crippen molar-refractivity contribution in [2.24, 2.45) is 0 Å². The molecule has 2 fully saturated rings. The maximum atomic E-state index is 12.4. The third-order valence-electron chi connectivity index (χ3n) is 5.15. The summed E-state index contributed by atoms with van der Waals surface area (Å²) in [4.78, 5) is 14.5. The molecule has 4 rings (SSSR count). The van der Waals surface area contributed by atoms with Crippen molar-refractivity contribution in [2.75, 3.05) is 18.1 Å². The van der Waals surface area contributed by atoms with Crippen molar-refractivity contribution in [1.82, 2.24) is 10.2 Å². The van der Waals surface area contributed by atoms with Crippen molar-refractivity contribution in [2.45, 2.75) is 37.9 Å². The van der Waals surface area contributed by atoms with Crippen molar-refractivity contribution in [3.05, 3.63) is 48.0 Å². The summed E-state index contributed by atoms with van der Waals surface area (Å²) in [5, 5.41) is 6.23. The number of fused-ring (bicyclic) bond motifs is 1. The first kappa shape index (κ1) is 16.0. The number of thioether (sulfide) groups is 1. The van der Waals surface area contributed by atoms with Crippen LogP contribution in [0.15, 0.2) is 42.5 Å². The fourth-order valence-corrected chi connectivity index (χ4v) is 4.98. The van der Waals surface area contributed by atoms with Crippen molar-refractivity contribution in [1.29, 1.82) is 0 Å². The van der Waals surface area contributed by atoms with Crippen LogP contribution in [0.5, 0.6) is 0 Å². The van der Waals surface area contributed by atoms with Crippen molar-refractivity contribution in [3.8, 4) is 0 Å². The number of amides is 1. The Balaban J connectivity index is 1.43. The van der Waals surface area contributed by atoms with Crippen molar-refractivity contribution >= 4 is 28.4 Å². The molecule has 0 spiro atoms. The number of hydrogen-bond donors (Lipinski definition) is 1. The van der Waals surface area contributed by atoms with Crippen LogP contribution in [-0.2, 0) is 11.3 Å². The SMILES string of the molecule is O=C1C[C@H](NC2CCSCC2)CN1Cc1cccc2ccccc12. The topological polar surface area (TPSA) is 32.3 Å². The Morgan fingerprint density at radius 3 is 2.71 bits per heavy atom. The number of carbonyl (C=O) groups is 1. The third-order valence-corrected chi connectivity index (χ3v) is 6.20. The average molecular weight is 340 g/mol. The molecule has 126 valence electrons. The van der Waals surface area contributed by atoms with Crippen LogP contribution in [0.2, 0.25) is 0 Å². The Bertz CT molecular complexity index is 721. The average Bonchev–Trinajstić information content (AvgIpc) is 2.95. The van der Waals surface area contributed by atoms with Gasteiger partial charge >= 0.3 is 0 Å². The summed E-state index contributed by atoms with van der Waals surface area (Å²) in [5.74, 6) is 2.78. The van der Waals surface area contributed by atoms with Crippen LogP contribution < -0.4 is 5.32 Å². The maximum absolute atomic E-state index is 12.4. The molecule has 0 aliphatic carbocycles. The minimum atomic E-state index is 0.283. The summed E-state index contributed by atoms with van der Waals surface area (Å²) in [7, 11) is 0. The Morgan fingerprint density at radius 1 is 1.04 bits per heavy atom. The Morgan fingerprint density at radius 2 is 1.83 bits per heavy atom. The number of nitrogens with zero attached hydrogens (tertiary/aromatic N) is 1. The van der Waals surface area contributed by atoms with Gasteiger partial charge in [0.1, 0.15) is 0 Å². The quantitative estimate of drug-likeness (QED) is 0.925. The van der Waals surface area contributed by atoms with Gasteiger partial charge in [0.25, 0.3) is 0 Å². The van der Waals surface area contributed by atoms with Crippen molar-refractivity contribution in [3.63, 3.8) is 0 Å². The molecule has 2 aromatic rings. The van der Waals surface area contributed by atoms with Crippen LogP contribution in [0.25, 0.3) is 10.8 Å². The fourth-order valence-electron chi connectivity index (χ4n) is 3.87. The number of nitrogens with one attached hydrogen (secondary N) is 1. The Kier molecular flexibility index (Phi) is 4.76. The van der Waals surface area contributed by atoms with E-state index in [1.165, 1.54) is 40.7 Å². The highest BCUT2D eigenvalue weighted by molar-refractivity contribution is 7.99. The maximum Gasteiger partial charge on any atom is 0.224 e. The summed E-state index contributed by atoms with van der Waals surface area (Å²) >= 11 is 2.04. The van der Waals surface area contributed by atoms with E-state index in [2.05, 4.69) is 47.8 Å². The summed E-state index contributed by atoms with van der Waals surface area (Å²) in [6, 6.07) is 15.7. The van der Waals surface area contributed by atoms with Gasteiger partial charge in [0.2, 0.25) is 5.91 Å². The lowest BCUT2D eigenvalue weighted by molar-refractivity contribution is -0.128. The van der Waals surface area contributed by atoms with Gasteiger partial charge in [-0.15, -0.1) is 0 Å². The first-order chi connectivity index (χ1) is 11.8. The van der Waals surface area contributed by atoms with Gasteiger partial charge in [-0.1, -0.05) is 42.5 Å². The monoisotopic (exact) mass is 340 g/mol. The molecule has 2 aliphatic heterocycles. The number of benzene rings is 2. The second kappa shape index (κ2) is 7.16. The number of hydrogen-bond acceptors (Lipinski definition) is 3. The van der Waals surface area contributed by atoms with E-state index >= 15 is 0 Å². The largest absolute Gasteiger partial charge is 0.337 e. The predicted octanol–water partition coefficient (Wildman–Crippen LogP) is 3.43. The van der Waals surface area contributed by atoms with Crippen molar-refractivity contribution < 1.29 is 4.79 Å². The third kappa shape index (κ3) is 3.45. The zero-order chi connectivity index (χ0) is 16.4. The van der Waals surface area contributed by atoms with Gasteiger partial charge in [0.05, 0.1) is 0 Å². The van der Waals surface area contributed by atoms with Gasteiger partial charge < -0.3 is 10.2 Å². The molecular weight excluding hydrogens is 316 g/mol. The molecule has 2 heterocycles. The van der Waals surface area contributed by atoms with E-state index in [0.29, 0.717) is 18.5 Å². The van der Waals surface area contributed by atoms with Gasteiger partial charge in [-0.2, -0.15) is 11.8 Å². The minimum Gasteiger partial charge on any atom is -0.337 e. The lowest BCUT2D eigenvalue weighted by atomic mass is 10.0. The van der Waals surface area contributed by atoms with Gasteiger partial charge in [0.15, 0.2) is 0 Å². The normalized spacial score (nSPS) is 22.4. The van der Waals surface area contributed by atoms with E-state index in [4.69, 9.17) is 0 Å². The number of likely N-dealkylation sites (tertiary alicyclic amines) is 1. The van der Waals surface area contributed by atoms with Gasteiger partial charge in [-0.05, 0) is 40.7 Å². The summed E-state index contributed by atoms with van der Waals surface area (Å²) in [5.41, 5.74) is 1.25. The van der Waals surface area contributed by atoms with E-state index in [-0.39, 0.29) is 5.91 Å². The highest BCUT2D eigenvalue weighted by Crippen LogP contribution is 2.24. The molecule has 2 saturated heterocycles. The zero-order valence-electron chi connectivity index (χ0n) is 13.9. The van der Waals surface area contributed by atoms with E-state index < -0.39 is 0 Å². The molecule has 1 N–H and O–H groups in total. The molecule has 0 aromatic heterocycles. The van der Waals surface area contributed by atoms with E-state index in [9.17, 15) is 4.79 Å². The van der Waals surface area contributed by atoms with E-state index in [1.54, 1.807) is 0 Å². The smallest absolute Gasteiger partial charge is 0.224 e. The molecule has 2 aliphatic rings. The molecule has 1 amide bonds. The minimum absolute atomic E-state index is 0.283. The highest BCUT2D eigenvalue weighted by Gasteiger charge is 2.31. The predicted molar refractivity (Wildman–Crippen MR) is 101 cm³/mol. The summed E-state index contributed by atoms with van der Waals surface area (Å²) < 4.78 is 0. The van der Waals surface area contributed by atoms with E-state index in [0.717, 1.165) is 13.1 Å². The number of carbonyl (C=O) groups excluding carboxylic acids is 1. The molecule has 4 heteroatoms. The molecule has 0 radical (unpaired) electrons. The van der Waals surface area contributed by atoms with Crippen LogP contribution >= 0.6 is 11.8 Å². The van der Waals surface area contributed by atoms with Gasteiger partial charge in [-0.3, -0.25) is 4.79 Å². The first-order valence-electron chi connectivity index (χ1n) is 8.88. The lowest BCUT2D eigenvalue weighted by Gasteiger charge is -2.26. The summed E-state index contributed by atoms with van der Waals surface area (Å²) in [6.45, 7) is 1.56. The van der Waals surface area contributed by atoms with Crippen LogP contribution in [0.3, 0.4) is 0 Å². The lowest BCUT2D eigenvalue weighted by Crippen LogP contribution is -2.41. The fraction of sp³-hybridized carbons (Fsp3) is 0.450. The molecule has 1 atom stereocenters. The van der Waals surface area contributed by atoms with E-state index in [1.807, 2.05) is 16.7 Å². The first-order valence-corrected chi connectivity index (χ1v) is 10.0. The molecule has 3 nitrogen and oxygen atoms in total. The molecule has 0 bridgehead atoms. The second-order valence-corrected chi connectivity index (χ2v) is 8.09. The second-order valence-electron chi connectivity index (χ2n) is 6.87.